The van der Waals surface area contributed by atoms with Crippen molar-refractivity contribution in [2.45, 2.75) is 46.4 Å². The minimum Gasteiger partial charge on any atom is -0.489 e. The van der Waals surface area contributed by atoms with Crippen LogP contribution in [0.15, 0.2) is 48.5 Å². The quantitative estimate of drug-likeness (QED) is 0.817. The molecule has 2 rings (SSSR count). The lowest BCUT2D eigenvalue weighted by molar-refractivity contribution is 0.304. The summed E-state index contributed by atoms with van der Waals surface area (Å²) in [6.45, 7) is 7.98. The van der Waals surface area contributed by atoms with Gasteiger partial charge in [-0.25, -0.2) is 0 Å². The van der Waals surface area contributed by atoms with Crippen molar-refractivity contribution in [3.8, 4) is 5.75 Å². The van der Waals surface area contributed by atoms with Crippen molar-refractivity contribution in [3.63, 3.8) is 0 Å². The fraction of sp³-hybridized carbons (Fsp3) is 0.368. The molecule has 0 bridgehead atoms. The third-order valence-corrected chi connectivity index (χ3v) is 3.55. The van der Waals surface area contributed by atoms with E-state index >= 15 is 0 Å². The van der Waals surface area contributed by atoms with E-state index in [1.165, 1.54) is 16.7 Å². The van der Waals surface area contributed by atoms with Gasteiger partial charge in [-0.15, -0.1) is 0 Å². The van der Waals surface area contributed by atoms with Gasteiger partial charge in [0.15, 0.2) is 0 Å². The normalized spacial score (nSPS) is 10.9. The number of ether oxygens (including phenoxy) is 1. The van der Waals surface area contributed by atoms with Crippen LogP contribution in [0.5, 0.6) is 5.75 Å². The van der Waals surface area contributed by atoms with Crippen molar-refractivity contribution in [2.24, 2.45) is 0 Å². The molecule has 0 radical (unpaired) electrons. The van der Waals surface area contributed by atoms with E-state index in [1.54, 1.807) is 0 Å². The third-order valence-electron chi connectivity index (χ3n) is 3.55. The van der Waals surface area contributed by atoms with E-state index in [9.17, 15) is 0 Å². The average molecular weight is 283 g/mol. The summed E-state index contributed by atoms with van der Waals surface area (Å²) in [5, 5.41) is 3.46. The molecule has 0 amide bonds. The lowest BCUT2D eigenvalue weighted by Crippen LogP contribution is -2.22. The van der Waals surface area contributed by atoms with E-state index in [4.69, 9.17) is 4.74 Å². The highest BCUT2D eigenvalue weighted by Crippen LogP contribution is 2.16. The van der Waals surface area contributed by atoms with Crippen molar-refractivity contribution in [1.29, 1.82) is 0 Å². The summed E-state index contributed by atoms with van der Waals surface area (Å²) in [5.41, 5.74) is 3.88. The van der Waals surface area contributed by atoms with Gasteiger partial charge in [-0.3, -0.25) is 0 Å². The Kier molecular flexibility index (Phi) is 5.82. The number of rotatable bonds is 7. The maximum atomic E-state index is 5.91. The molecule has 1 N–H and O–H groups in total. The Morgan fingerprint density at radius 3 is 2.24 bits per heavy atom. The molecule has 2 aromatic rings. The number of aryl methyl sites for hydroxylation is 1. The zero-order valence-electron chi connectivity index (χ0n) is 13.2. The second kappa shape index (κ2) is 7.84. The SMILES string of the molecule is CCc1ccc(OCc2ccccc2CNC(C)C)cc1. The van der Waals surface area contributed by atoms with Crippen LogP contribution in [0.25, 0.3) is 0 Å². The third kappa shape index (κ3) is 4.91. The summed E-state index contributed by atoms with van der Waals surface area (Å²) in [6.07, 6.45) is 1.06. The second-order valence-electron chi connectivity index (χ2n) is 5.59. The first-order chi connectivity index (χ1) is 10.2. The number of hydrogen-bond acceptors (Lipinski definition) is 2. The van der Waals surface area contributed by atoms with Gasteiger partial charge in [0.1, 0.15) is 12.4 Å². The number of nitrogens with one attached hydrogen (secondary N) is 1. The van der Waals surface area contributed by atoms with Crippen LogP contribution in [0.4, 0.5) is 0 Å². The van der Waals surface area contributed by atoms with Crippen molar-refractivity contribution in [2.75, 3.05) is 0 Å². The largest absolute Gasteiger partial charge is 0.489 e. The fourth-order valence-electron chi connectivity index (χ4n) is 2.17. The first kappa shape index (κ1) is 15.6. The van der Waals surface area contributed by atoms with Gasteiger partial charge in [0.25, 0.3) is 0 Å². The molecular weight excluding hydrogens is 258 g/mol. The monoisotopic (exact) mass is 283 g/mol. The first-order valence-corrected chi connectivity index (χ1v) is 7.71. The van der Waals surface area contributed by atoms with Crippen molar-refractivity contribution in [3.05, 3.63) is 65.2 Å². The highest BCUT2D eigenvalue weighted by atomic mass is 16.5. The standard InChI is InChI=1S/C19H25NO/c1-4-16-9-11-19(12-10-16)21-14-18-8-6-5-7-17(18)13-20-15(2)3/h5-12,15,20H,4,13-14H2,1-3H3. The first-order valence-electron chi connectivity index (χ1n) is 7.71. The highest BCUT2D eigenvalue weighted by Gasteiger charge is 2.04. The molecule has 0 heterocycles. The minimum absolute atomic E-state index is 0.487. The van der Waals surface area contributed by atoms with Gasteiger partial charge in [-0.2, -0.15) is 0 Å². The summed E-state index contributed by atoms with van der Waals surface area (Å²) in [5.74, 6) is 0.929. The highest BCUT2D eigenvalue weighted by molar-refractivity contribution is 5.30. The molecular formula is C19H25NO. The minimum atomic E-state index is 0.487. The molecule has 0 aliphatic carbocycles. The van der Waals surface area contributed by atoms with Gasteiger partial charge in [0, 0.05) is 12.6 Å². The maximum Gasteiger partial charge on any atom is 0.119 e. The van der Waals surface area contributed by atoms with Crippen molar-refractivity contribution >= 4 is 0 Å². The van der Waals surface area contributed by atoms with Gasteiger partial charge in [-0.05, 0) is 35.2 Å². The van der Waals surface area contributed by atoms with E-state index < -0.39 is 0 Å². The van der Waals surface area contributed by atoms with Gasteiger partial charge in [0.2, 0.25) is 0 Å². The Hall–Kier alpha value is -1.80. The lowest BCUT2D eigenvalue weighted by atomic mass is 10.1. The van der Waals surface area contributed by atoms with E-state index in [2.05, 4.69) is 62.5 Å². The zero-order chi connectivity index (χ0) is 15.1. The lowest BCUT2D eigenvalue weighted by Gasteiger charge is -2.13. The smallest absolute Gasteiger partial charge is 0.119 e. The van der Waals surface area contributed by atoms with E-state index in [1.807, 2.05) is 12.1 Å². The van der Waals surface area contributed by atoms with Crippen LogP contribution in [0.3, 0.4) is 0 Å². The molecule has 0 aliphatic heterocycles. The molecule has 0 atom stereocenters. The summed E-state index contributed by atoms with van der Waals surface area (Å²) in [7, 11) is 0. The Morgan fingerprint density at radius 1 is 0.952 bits per heavy atom. The summed E-state index contributed by atoms with van der Waals surface area (Å²) < 4.78 is 5.91. The molecule has 0 aromatic heterocycles. The molecule has 112 valence electrons. The summed E-state index contributed by atoms with van der Waals surface area (Å²) in [4.78, 5) is 0. The summed E-state index contributed by atoms with van der Waals surface area (Å²) in [6, 6.07) is 17.3. The fourth-order valence-corrected chi connectivity index (χ4v) is 2.17. The predicted octanol–water partition coefficient (Wildman–Crippen LogP) is 4.33. The van der Waals surface area contributed by atoms with Crippen LogP contribution >= 0.6 is 0 Å². The molecule has 0 unspecified atom stereocenters. The van der Waals surface area contributed by atoms with Gasteiger partial charge in [0.05, 0.1) is 0 Å². The Labute approximate surface area is 128 Å². The van der Waals surface area contributed by atoms with Gasteiger partial charge >= 0.3 is 0 Å². The average Bonchev–Trinajstić information content (AvgIpc) is 2.52. The van der Waals surface area contributed by atoms with Crippen LogP contribution in [-0.2, 0) is 19.6 Å². The summed E-state index contributed by atoms with van der Waals surface area (Å²) >= 11 is 0. The molecule has 2 heteroatoms. The molecule has 2 nitrogen and oxygen atoms in total. The van der Waals surface area contributed by atoms with Crippen LogP contribution in [0.1, 0.15) is 37.5 Å². The molecule has 0 saturated carbocycles. The van der Waals surface area contributed by atoms with E-state index in [-0.39, 0.29) is 0 Å². The number of benzene rings is 2. The second-order valence-corrected chi connectivity index (χ2v) is 5.59. The van der Waals surface area contributed by atoms with Crippen LogP contribution in [-0.4, -0.2) is 6.04 Å². The van der Waals surface area contributed by atoms with E-state index in [0.29, 0.717) is 12.6 Å². The van der Waals surface area contributed by atoms with Crippen molar-refractivity contribution in [1.82, 2.24) is 5.32 Å². The van der Waals surface area contributed by atoms with Gasteiger partial charge < -0.3 is 10.1 Å². The Bertz CT molecular complexity index is 546. The topological polar surface area (TPSA) is 21.3 Å². The van der Waals surface area contributed by atoms with Crippen molar-refractivity contribution < 1.29 is 4.74 Å². The maximum absolute atomic E-state index is 5.91. The molecule has 21 heavy (non-hydrogen) atoms. The molecule has 2 aromatic carbocycles. The zero-order valence-corrected chi connectivity index (χ0v) is 13.2. The van der Waals surface area contributed by atoms with Crippen LogP contribution in [0, 0.1) is 0 Å². The molecule has 0 fully saturated rings. The molecule has 0 spiro atoms. The Morgan fingerprint density at radius 2 is 1.62 bits per heavy atom. The van der Waals surface area contributed by atoms with Gasteiger partial charge in [-0.1, -0.05) is 57.2 Å². The molecule has 0 aliphatic rings. The predicted molar refractivity (Wildman–Crippen MR) is 88.6 cm³/mol. The van der Waals surface area contributed by atoms with E-state index in [0.717, 1.165) is 18.7 Å². The number of hydrogen-bond donors (Lipinski definition) is 1. The Balaban J connectivity index is 1.98. The van der Waals surface area contributed by atoms with Crippen LogP contribution in [0.2, 0.25) is 0 Å². The molecule has 0 saturated heterocycles. The van der Waals surface area contributed by atoms with Crippen LogP contribution < -0.4 is 10.1 Å².